The Kier molecular flexibility index (Phi) is 3.02. The molecule has 20 heavy (non-hydrogen) atoms. The van der Waals surface area contributed by atoms with Crippen molar-refractivity contribution in [3.05, 3.63) is 40.6 Å². The molecular formula is C13H15N3O3S. The predicted octanol–water partition coefficient (Wildman–Crippen LogP) is 1.70. The van der Waals surface area contributed by atoms with Gasteiger partial charge in [-0.15, -0.1) is 0 Å². The van der Waals surface area contributed by atoms with Gasteiger partial charge in [0.2, 0.25) is 5.88 Å². The molecule has 0 spiro atoms. The molecular weight excluding hydrogens is 278 g/mol. The summed E-state index contributed by atoms with van der Waals surface area (Å²) in [6, 6.07) is 5.13. The Morgan fingerprint density at radius 2 is 2.00 bits per heavy atom. The highest BCUT2D eigenvalue weighted by atomic mass is 32.2. The van der Waals surface area contributed by atoms with E-state index in [0.29, 0.717) is 17.8 Å². The van der Waals surface area contributed by atoms with Crippen LogP contribution >= 0.6 is 0 Å². The number of rotatable bonds is 3. The van der Waals surface area contributed by atoms with Crippen LogP contribution in [0.5, 0.6) is 0 Å². The van der Waals surface area contributed by atoms with Gasteiger partial charge < -0.3 is 9.84 Å². The van der Waals surface area contributed by atoms with E-state index in [4.69, 9.17) is 4.52 Å². The molecule has 0 fully saturated rings. The summed E-state index contributed by atoms with van der Waals surface area (Å²) >= 11 is 0. The highest BCUT2D eigenvalue weighted by Crippen LogP contribution is 2.24. The molecule has 0 radical (unpaired) electrons. The first-order valence-electron chi connectivity index (χ1n) is 6.25. The number of sulfonamides is 1. The molecule has 0 unspecified atom stereocenters. The van der Waals surface area contributed by atoms with E-state index in [1.165, 1.54) is 0 Å². The van der Waals surface area contributed by atoms with Crippen molar-refractivity contribution in [2.45, 2.75) is 31.8 Å². The molecule has 0 atom stereocenters. The number of aromatic nitrogens is 1. The van der Waals surface area contributed by atoms with E-state index < -0.39 is 10.0 Å². The monoisotopic (exact) mass is 293 g/mol. The molecule has 1 aliphatic heterocycles. The number of nitrogens with zero attached hydrogens (tertiary/aromatic N) is 1. The summed E-state index contributed by atoms with van der Waals surface area (Å²) in [5, 5.41) is 6.92. The van der Waals surface area contributed by atoms with Crippen molar-refractivity contribution in [2.75, 3.05) is 4.72 Å². The zero-order chi connectivity index (χ0) is 14.3. The van der Waals surface area contributed by atoms with Crippen LogP contribution in [0.3, 0.4) is 0 Å². The quantitative estimate of drug-likeness (QED) is 0.899. The van der Waals surface area contributed by atoms with Gasteiger partial charge in [0, 0.05) is 18.7 Å². The third-order valence-corrected chi connectivity index (χ3v) is 4.83. The Hall–Kier alpha value is -1.86. The van der Waals surface area contributed by atoms with Gasteiger partial charge in [-0.25, -0.2) is 13.1 Å². The minimum atomic E-state index is -3.66. The first-order valence-corrected chi connectivity index (χ1v) is 7.74. The van der Waals surface area contributed by atoms with Crippen LogP contribution < -0.4 is 10.0 Å². The minimum Gasteiger partial charge on any atom is -0.337 e. The number of aryl methyl sites for hydroxylation is 1. The lowest BCUT2D eigenvalue weighted by molar-refractivity contribution is 0.430. The largest absolute Gasteiger partial charge is 0.337 e. The van der Waals surface area contributed by atoms with Gasteiger partial charge >= 0.3 is 0 Å². The van der Waals surface area contributed by atoms with E-state index in [9.17, 15) is 8.42 Å². The molecule has 0 saturated heterocycles. The third-order valence-electron chi connectivity index (χ3n) is 3.50. The van der Waals surface area contributed by atoms with Crippen LogP contribution in [0.1, 0.15) is 22.4 Å². The number of nitrogens with one attached hydrogen (secondary N) is 2. The number of hydrogen-bond donors (Lipinski definition) is 2. The number of hydrogen-bond acceptors (Lipinski definition) is 5. The Morgan fingerprint density at radius 3 is 2.70 bits per heavy atom. The summed E-state index contributed by atoms with van der Waals surface area (Å²) in [4.78, 5) is 0.230. The maximum Gasteiger partial charge on any atom is 0.264 e. The van der Waals surface area contributed by atoms with Gasteiger partial charge in [-0.1, -0.05) is 11.2 Å². The standard InChI is InChI=1S/C13H15N3O3S/c1-8-9(2)15-19-13(8)16-20(17,18)12-4-3-10-6-14-7-11(10)5-12/h3-5,14,16H,6-7H2,1-2H3. The maximum absolute atomic E-state index is 12.3. The van der Waals surface area contributed by atoms with Crippen LogP contribution in [-0.4, -0.2) is 13.6 Å². The molecule has 2 heterocycles. The summed E-state index contributed by atoms with van der Waals surface area (Å²) in [6.45, 7) is 5.00. The van der Waals surface area contributed by atoms with E-state index in [2.05, 4.69) is 15.2 Å². The summed E-state index contributed by atoms with van der Waals surface area (Å²) in [7, 11) is -3.66. The lowest BCUT2D eigenvalue weighted by Crippen LogP contribution is -2.13. The highest BCUT2D eigenvalue weighted by Gasteiger charge is 2.21. The molecule has 1 aliphatic rings. The van der Waals surface area contributed by atoms with Crippen molar-refractivity contribution >= 4 is 15.9 Å². The average molecular weight is 293 g/mol. The fourth-order valence-electron chi connectivity index (χ4n) is 2.13. The lowest BCUT2D eigenvalue weighted by Gasteiger charge is -2.07. The van der Waals surface area contributed by atoms with Crippen molar-refractivity contribution < 1.29 is 12.9 Å². The van der Waals surface area contributed by atoms with Gasteiger partial charge in [-0.2, -0.15) is 0 Å². The molecule has 6 nitrogen and oxygen atoms in total. The fraction of sp³-hybridized carbons (Fsp3) is 0.308. The van der Waals surface area contributed by atoms with E-state index >= 15 is 0 Å². The Morgan fingerprint density at radius 1 is 1.25 bits per heavy atom. The maximum atomic E-state index is 12.3. The van der Waals surface area contributed by atoms with Gasteiger partial charge in [-0.3, -0.25) is 0 Å². The van der Waals surface area contributed by atoms with Crippen molar-refractivity contribution in [3.8, 4) is 0 Å². The van der Waals surface area contributed by atoms with Gasteiger partial charge in [0.15, 0.2) is 0 Å². The highest BCUT2D eigenvalue weighted by molar-refractivity contribution is 7.92. The van der Waals surface area contributed by atoms with Crippen molar-refractivity contribution in [3.63, 3.8) is 0 Å². The lowest BCUT2D eigenvalue weighted by atomic mass is 10.1. The van der Waals surface area contributed by atoms with Crippen LogP contribution in [0.25, 0.3) is 0 Å². The van der Waals surface area contributed by atoms with Gasteiger partial charge in [0.25, 0.3) is 10.0 Å². The van der Waals surface area contributed by atoms with Crippen molar-refractivity contribution in [1.29, 1.82) is 0 Å². The zero-order valence-corrected chi connectivity index (χ0v) is 12.0. The first-order chi connectivity index (χ1) is 9.47. The average Bonchev–Trinajstić information content (AvgIpc) is 2.99. The van der Waals surface area contributed by atoms with Gasteiger partial charge in [0.05, 0.1) is 10.6 Å². The Balaban J connectivity index is 1.94. The van der Waals surface area contributed by atoms with Gasteiger partial charge in [-0.05, 0) is 37.1 Å². The second kappa shape index (κ2) is 4.60. The normalized spacial score (nSPS) is 14.3. The summed E-state index contributed by atoms with van der Waals surface area (Å²) < 4.78 is 32.1. The molecule has 0 saturated carbocycles. The second-order valence-corrected chi connectivity index (χ2v) is 6.54. The first kappa shape index (κ1) is 13.1. The second-order valence-electron chi connectivity index (χ2n) is 4.86. The molecule has 2 aromatic rings. The summed E-state index contributed by atoms with van der Waals surface area (Å²) in [6.07, 6.45) is 0. The molecule has 0 aliphatic carbocycles. The number of fused-ring (bicyclic) bond motifs is 1. The predicted molar refractivity (Wildman–Crippen MR) is 73.8 cm³/mol. The third kappa shape index (κ3) is 2.19. The zero-order valence-electron chi connectivity index (χ0n) is 11.2. The molecule has 106 valence electrons. The number of anilines is 1. The molecule has 2 N–H and O–H groups in total. The van der Waals surface area contributed by atoms with Crippen molar-refractivity contribution in [1.82, 2.24) is 10.5 Å². The Labute approximate surface area is 117 Å². The Bertz CT molecular complexity index is 765. The molecule has 3 rings (SSSR count). The molecule has 1 aromatic heterocycles. The van der Waals surface area contributed by atoms with E-state index in [1.54, 1.807) is 26.0 Å². The van der Waals surface area contributed by atoms with Crippen LogP contribution in [0, 0.1) is 13.8 Å². The molecule has 7 heteroatoms. The molecule has 0 bridgehead atoms. The smallest absolute Gasteiger partial charge is 0.264 e. The molecule has 1 aromatic carbocycles. The topological polar surface area (TPSA) is 84.2 Å². The van der Waals surface area contributed by atoms with E-state index in [1.807, 2.05) is 6.07 Å². The molecule has 0 amide bonds. The van der Waals surface area contributed by atoms with Crippen LogP contribution in [-0.2, 0) is 23.1 Å². The van der Waals surface area contributed by atoms with E-state index in [-0.39, 0.29) is 10.8 Å². The number of benzene rings is 1. The van der Waals surface area contributed by atoms with Crippen LogP contribution in [0.2, 0.25) is 0 Å². The SMILES string of the molecule is Cc1noc(NS(=O)(=O)c2ccc3c(c2)CNC3)c1C. The van der Waals surface area contributed by atoms with Crippen LogP contribution in [0.15, 0.2) is 27.6 Å². The van der Waals surface area contributed by atoms with Crippen LogP contribution in [0.4, 0.5) is 5.88 Å². The van der Waals surface area contributed by atoms with Gasteiger partial charge in [0.1, 0.15) is 0 Å². The van der Waals surface area contributed by atoms with E-state index in [0.717, 1.165) is 17.7 Å². The van der Waals surface area contributed by atoms with Crippen molar-refractivity contribution in [2.24, 2.45) is 0 Å². The minimum absolute atomic E-state index is 0.168. The fourth-order valence-corrected chi connectivity index (χ4v) is 3.23. The summed E-state index contributed by atoms with van der Waals surface area (Å²) in [5.41, 5.74) is 3.51. The summed E-state index contributed by atoms with van der Waals surface area (Å²) in [5.74, 6) is 0.168.